The maximum Gasteiger partial charge on any atom is 0.155 e. The first-order valence-corrected chi connectivity index (χ1v) is 5.76. The number of carbonyl (C=O) groups is 1. The molecule has 0 saturated carbocycles. The monoisotopic (exact) mass is 291 g/mol. The zero-order valence-electron chi connectivity index (χ0n) is 12.3. The van der Waals surface area contributed by atoms with E-state index in [1.54, 1.807) is 0 Å². The van der Waals surface area contributed by atoms with Gasteiger partial charge in [0.05, 0.1) is 5.76 Å². The van der Waals surface area contributed by atoms with Crippen molar-refractivity contribution >= 4 is 5.78 Å². The van der Waals surface area contributed by atoms with Gasteiger partial charge >= 0.3 is 0 Å². The van der Waals surface area contributed by atoms with Crippen LogP contribution in [0.3, 0.4) is 0 Å². The SMILES string of the molecule is CC(=O)/C=C(/C)O.C[C]1C(C)=C(C)C(C)=C1C.[Fe]. The van der Waals surface area contributed by atoms with Crippen molar-refractivity contribution in [1.82, 2.24) is 0 Å². The van der Waals surface area contributed by atoms with Gasteiger partial charge in [-0.15, -0.1) is 0 Å². The van der Waals surface area contributed by atoms with Crippen molar-refractivity contribution in [2.45, 2.75) is 48.5 Å². The summed E-state index contributed by atoms with van der Waals surface area (Å²) >= 11 is 0. The van der Waals surface area contributed by atoms with E-state index in [1.165, 1.54) is 48.1 Å². The smallest absolute Gasteiger partial charge is 0.155 e. The number of aliphatic hydroxyl groups excluding tert-OH is 1. The van der Waals surface area contributed by atoms with E-state index in [2.05, 4.69) is 34.6 Å². The number of ketones is 1. The van der Waals surface area contributed by atoms with Gasteiger partial charge in [-0.05, 0) is 52.7 Å². The molecule has 0 saturated heterocycles. The molecule has 0 aromatic carbocycles. The average Bonchev–Trinajstić information content (AvgIpc) is 2.35. The molecule has 0 heterocycles. The topological polar surface area (TPSA) is 37.3 Å². The van der Waals surface area contributed by atoms with Gasteiger partial charge < -0.3 is 5.11 Å². The first kappa shape index (κ1) is 19.5. The maximum atomic E-state index is 10.0. The van der Waals surface area contributed by atoms with Gasteiger partial charge in [0.2, 0.25) is 0 Å². The van der Waals surface area contributed by atoms with Gasteiger partial charge in [0.25, 0.3) is 0 Å². The number of aliphatic hydroxyl groups is 1. The van der Waals surface area contributed by atoms with Crippen molar-refractivity contribution in [2.24, 2.45) is 0 Å². The molecule has 0 aromatic rings. The summed E-state index contributed by atoms with van der Waals surface area (Å²) in [5, 5.41) is 8.36. The van der Waals surface area contributed by atoms with Crippen LogP contribution in [-0.4, -0.2) is 10.9 Å². The molecule has 3 heteroatoms. The quantitative estimate of drug-likeness (QED) is 0.444. The van der Waals surface area contributed by atoms with Crippen molar-refractivity contribution in [2.75, 3.05) is 0 Å². The van der Waals surface area contributed by atoms with Crippen LogP contribution in [0.1, 0.15) is 48.5 Å². The van der Waals surface area contributed by atoms with E-state index in [0.717, 1.165) is 0 Å². The Morgan fingerprint density at radius 3 is 1.28 bits per heavy atom. The fourth-order valence-corrected chi connectivity index (χ4v) is 1.70. The molecule has 0 fully saturated rings. The Bertz CT molecular complexity index is 373. The summed E-state index contributed by atoms with van der Waals surface area (Å²) in [6, 6.07) is 0. The summed E-state index contributed by atoms with van der Waals surface area (Å²) in [7, 11) is 0. The van der Waals surface area contributed by atoms with Crippen molar-refractivity contribution in [1.29, 1.82) is 0 Å². The first-order valence-electron chi connectivity index (χ1n) is 5.76. The fourth-order valence-electron chi connectivity index (χ4n) is 1.70. The molecule has 0 bridgehead atoms. The molecule has 1 aliphatic carbocycles. The van der Waals surface area contributed by atoms with Crippen LogP contribution in [0.25, 0.3) is 0 Å². The first-order chi connectivity index (χ1) is 7.68. The maximum absolute atomic E-state index is 10.0. The number of carbonyl (C=O) groups excluding carboxylic acids is 1. The Morgan fingerprint density at radius 2 is 1.22 bits per heavy atom. The molecule has 1 aliphatic rings. The Balaban J connectivity index is 0. The summed E-state index contributed by atoms with van der Waals surface area (Å²) in [5.41, 5.74) is 5.87. The minimum atomic E-state index is -0.125. The predicted octanol–water partition coefficient (Wildman–Crippen LogP) is 4.30. The summed E-state index contributed by atoms with van der Waals surface area (Å²) < 4.78 is 0. The summed E-state index contributed by atoms with van der Waals surface area (Å²) in [6.45, 7) is 13.8. The van der Waals surface area contributed by atoms with E-state index in [9.17, 15) is 4.79 Å². The van der Waals surface area contributed by atoms with Crippen LogP contribution in [0.15, 0.2) is 34.1 Å². The van der Waals surface area contributed by atoms with Gasteiger partial charge in [-0.3, -0.25) is 4.79 Å². The van der Waals surface area contributed by atoms with E-state index >= 15 is 0 Å². The predicted molar refractivity (Wildman–Crippen MR) is 72.7 cm³/mol. The molecule has 1 radical (unpaired) electrons. The van der Waals surface area contributed by atoms with E-state index in [0.29, 0.717) is 0 Å². The molecule has 0 atom stereocenters. The Labute approximate surface area is 121 Å². The molecule has 0 amide bonds. The number of rotatable bonds is 1. The molecule has 1 N–H and O–H groups in total. The van der Waals surface area contributed by atoms with E-state index in [1.807, 2.05) is 0 Å². The molecule has 103 valence electrons. The third kappa shape index (κ3) is 5.70. The normalized spacial score (nSPS) is 16.3. The van der Waals surface area contributed by atoms with Crippen LogP contribution in [0.4, 0.5) is 0 Å². The number of hydrogen-bond donors (Lipinski definition) is 1. The Morgan fingerprint density at radius 1 is 0.889 bits per heavy atom. The van der Waals surface area contributed by atoms with Crippen molar-refractivity contribution < 1.29 is 27.0 Å². The van der Waals surface area contributed by atoms with Gasteiger partial charge in [0, 0.05) is 29.1 Å². The zero-order valence-corrected chi connectivity index (χ0v) is 13.4. The zero-order chi connectivity index (χ0) is 13.7. The van der Waals surface area contributed by atoms with E-state index < -0.39 is 0 Å². The molecule has 1 rings (SSSR count). The third-order valence-corrected chi connectivity index (χ3v) is 3.22. The van der Waals surface area contributed by atoms with E-state index in [4.69, 9.17) is 5.11 Å². The van der Waals surface area contributed by atoms with Crippen LogP contribution in [0.5, 0.6) is 0 Å². The van der Waals surface area contributed by atoms with Crippen LogP contribution in [0.2, 0.25) is 0 Å². The summed E-state index contributed by atoms with van der Waals surface area (Å²) in [5.74, 6) is 1.41. The third-order valence-electron chi connectivity index (χ3n) is 3.22. The Hall–Kier alpha value is -0.791. The average molecular weight is 291 g/mol. The van der Waals surface area contributed by atoms with Gasteiger partial charge in [0.15, 0.2) is 5.78 Å². The fraction of sp³-hybridized carbons (Fsp3) is 0.467. The second kappa shape index (κ2) is 8.34. The minimum Gasteiger partial charge on any atom is -0.512 e. The molecule has 0 aromatic heterocycles. The molecular formula is C15H23FeO2. The second-order valence-corrected chi connectivity index (χ2v) is 4.52. The van der Waals surface area contributed by atoms with Crippen molar-refractivity contribution in [3.05, 3.63) is 40.0 Å². The van der Waals surface area contributed by atoms with Crippen LogP contribution < -0.4 is 0 Å². The van der Waals surface area contributed by atoms with Crippen LogP contribution >= 0.6 is 0 Å². The van der Waals surface area contributed by atoms with Gasteiger partial charge in [-0.25, -0.2) is 0 Å². The van der Waals surface area contributed by atoms with Gasteiger partial charge in [-0.1, -0.05) is 18.1 Å². The van der Waals surface area contributed by atoms with Gasteiger partial charge in [0.1, 0.15) is 0 Å². The Kier molecular flexibility index (Phi) is 9.05. The molecule has 0 unspecified atom stereocenters. The molecule has 0 spiro atoms. The summed E-state index contributed by atoms with van der Waals surface area (Å²) in [6.07, 6.45) is 1.17. The largest absolute Gasteiger partial charge is 0.512 e. The van der Waals surface area contributed by atoms with E-state index in [-0.39, 0.29) is 28.6 Å². The molecule has 2 nitrogen and oxygen atoms in total. The molecule has 18 heavy (non-hydrogen) atoms. The minimum absolute atomic E-state index is 0. The van der Waals surface area contributed by atoms with Crippen molar-refractivity contribution in [3.8, 4) is 0 Å². The number of allylic oxidation sites excluding steroid dienone is 6. The molecule has 0 aliphatic heterocycles. The van der Waals surface area contributed by atoms with Crippen LogP contribution in [0, 0.1) is 5.92 Å². The molecular weight excluding hydrogens is 268 g/mol. The standard InChI is InChI=1S/C10H15.C5H8O2.Fe/c1-6-7(2)9(4)10(5)8(6)3;1-4(6)3-5(2)7;/h1-5H3;3,6H,1-2H3;/b;4-3-;. The number of hydrogen-bond acceptors (Lipinski definition) is 2. The summed E-state index contributed by atoms with van der Waals surface area (Å²) in [4.78, 5) is 10.0. The van der Waals surface area contributed by atoms with Crippen molar-refractivity contribution in [3.63, 3.8) is 0 Å². The van der Waals surface area contributed by atoms with Crippen LogP contribution in [-0.2, 0) is 21.9 Å². The van der Waals surface area contributed by atoms with Gasteiger partial charge in [-0.2, -0.15) is 0 Å². The second-order valence-electron chi connectivity index (χ2n) is 4.52.